The van der Waals surface area contributed by atoms with Crippen LogP contribution in [0.3, 0.4) is 0 Å². The van der Waals surface area contributed by atoms with Crippen LogP contribution in [-0.4, -0.2) is 35.5 Å². The summed E-state index contributed by atoms with van der Waals surface area (Å²) in [5.41, 5.74) is -0.706. The van der Waals surface area contributed by atoms with Crippen molar-refractivity contribution in [3.63, 3.8) is 0 Å². The average Bonchev–Trinajstić information content (AvgIpc) is 3.13. The fourth-order valence-electron chi connectivity index (χ4n) is 2.76. The number of hydrogen-bond acceptors (Lipinski definition) is 5. The van der Waals surface area contributed by atoms with Gasteiger partial charge >= 0.3 is 6.03 Å². The quantitative estimate of drug-likeness (QED) is 0.621. The number of imide groups is 1. The van der Waals surface area contributed by atoms with E-state index >= 15 is 0 Å². The first-order chi connectivity index (χ1) is 12.3. The predicted molar refractivity (Wildman–Crippen MR) is 97.9 cm³/mol. The van der Waals surface area contributed by atoms with Gasteiger partial charge in [-0.2, -0.15) is 0 Å². The molecule has 2 aromatic rings. The number of furan rings is 1. The summed E-state index contributed by atoms with van der Waals surface area (Å²) in [6.07, 6.45) is 1.94. The molecule has 0 aliphatic carbocycles. The number of carbonyl (C=O) groups excluding carboxylic acids is 3. The number of thioether (sulfide) groups is 1. The Morgan fingerprint density at radius 1 is 1.31 bits per heavy atom. The average molecular weight is 373 g/mol. The number of amides is 4. The Bertz CT molecular complexity index is 879. The largest absolute Gasteiger partial charge is 0.463 e. The van der Waals surface area contributed by atoms with Crippen molar-refractivity contribution in [1.29, 1.82) is 0 Å². The van der Waals surface area contributed by atoms with E-state index in [0.717, 1.165) is 9.80 Å². The van der Waals surface area contributed by atoms with Crippen LogP contribution in [0.2, 0.25) is 0 Å². The monoisotopic (exact) mass is 373 g/mol. The minimum Gasteiger partial charge on any atom is -0.463 e. The van der Waals surface area contributed by atoms with Crippen LogP contribution in [0.1, 0.15) is 18.4 Å². The van der Waals surface area contributed by atoms with Crippen molar-refractivity contribution >= 4 is 35.3 Å². The molecule has 2 heterocycles. The molecule has 0 saturated carbocycles. The maximum absolute atomic E-state index is 12.7. The van der Waals surface area contributed by atoms with E-state index in [1.54, 1.807) is 43.8 Å². The molecule has 1 aromatic carbocycles. The first-order valence-corrected chi connectivity index (χ1v) is 9.21. The van der Waals surface area contributed by atoms with Crippen molar-refractivity contribution < 1.29 is 18.8 Å². The van der Waals surface area contributed by atoms with Gasteiger partial charge in [0.1, 0.15) is 18.1 Å². The van der Waals surface area contributed by atoms with Gasteiger partial charge in [-0.25, -0.2) is 4.79 Å². The highest BCUT2D eigenvalue weighted by Crippen LogP contribution is 2.30. The van der Waals surface area contributed by atoms with Crippen LogP contribution in [0.25, 0.3) is 0 Å². The Balaban J connectivity index is 1.72. The number of urea groups is 1. The summed E-state index contributed by atoms with van der Waals surface area (Å²) in [5.74, 6) is -0.00596. The van der Waals surface area contributed by atoms with Crippen LogP contribution >= 0.6 is 11.8 Å². The van der Waals surface area contributed by atoms with E-state index in [1.165, 1.54) is 0 Å². The van der Waals surface area contributed by atoms with E-state index in [1.807, 2.05) is 24.5 Å². The lowest BCUT2D eigenvalue weighted by Crippen LogP contribution is -2.41. The fraction of sp³-hybridized carbons (Fsp3) is 0.278. The van der Waals surface area contributed by atoms with Crippen molar-refractivity contribution in [1.82, 2.24) is 10.2 Å². The molecule has 26 heavy (non-hydrogen) atoms. The van der Waals surface area contributed by atoms with Crippen LogP contribution in [0.15, 0.2) is 45.7 Å². The van der Waals surface area contributed by atoms with Crippen molar-refractivity contribution in [2.75, 3.05) is 18.1 Å². The van der Waals surface area contributed by atoms with Crippen LogP contribution in [0, 0.1) is 6.92 Å². The minimum atomic E-state index is -1.32. The molecule has 0 spiro atoms. The molecular weight excluding hydrogens is 354 g/mol. The highest BCUT2D eigenvalue weighted by molar-refractivity contribution is 7.98. The lowest BCUT2D eigenvalue weighted by molar-refractivity contribution is -0.134. The zero-order chi connectivity index (χ0) is 18.9. The molecule has 1 fully saturated rings. The number of rotatable bonds is 5. The molecule has 1 aliphatic rings. The van der Waals surface area contributed by atoms with Crippen LogP contribution < -0.4 is 10.6 Å². The van der Waals surface area contributed by atoms with E-state index in [2.05, 4.69) is 10.6 Å². The van der Waals surface area contributed by atoms with Crippen molar-refractivity contribution in [3.05, 3.63) is 47.9 Å². The minimum absolute atomic E-state index is 0.337. The van der Waals surface area contributed by atoms with Gasteiger partial charge in [0.25, 0.3) is 5.91 Å². The third-order valence-corrected chi connectivity index (χ3v) is 4.89. The van der Waals surface area contributed by atoms with Crippen LogP contribution in [0.5, 0.6) is 0 Å². The van der Waals surface area contributed by atoms with Gasteiger partial charge in [-0.15, -0.1) is 11.8 Å². The highest BCUT2D eigenvalue weighted by atomic mass is 32.2. The Morgan fingerprint density at radius 3 is 2.73 bits per heavy atom. The van der Waals surface area contributed by atoms with Crippen LogP contribution in [0.4, 0.5) is 10.5 Å². The lowest BCUT2D eigenvalue weighted by atomic mass is 9.99. The van der Waals surface area contributed by atoms with Gasteiger partial charge in [0, 0.05) is 10.6 Å². The molecule has 0 unspecified atom stereocenters. The molecular formula is C18H19N3O4S. The van der Waals surface area contributed by atoms with Crippen molar-refractivity contribution in [2.24, 2.45) is 0 Å². The number of nitrogens with zero attached hydrogens (tertiary/aromatic N) is 1. The number of nitrogens with one attached hydrogen (secondary N) is 2. The number of benzene rings is 1. The molecule has 0 bridgehead atoms. The van der Waals surface area contributed by atoms with E-state index in [9.17, 15) is 14.4 Å². The summed E-state index contributed by atoms with van der Waals surface area (Å²) >= 11 is 1.55. The second-order valence-electron chi connectivity index (χ2n) is 6.14. The highest BCUT2D eigenvalue weighted by Gasteiger charge is 2.51. The molecule has 1 saturated heterocycles. The van der Waals surface area contributed by atoms with Gasteiger partial charge in [-0.05, 0) is 50.4 Å². The molecule has 1 aliphatic heterocycles. The summed E-state index contributed by atoms with van der Waals surface area (Å²) in [7, 11) is 0. The fourth-order valence-corrected chi connectivity index (χ4v) is 3.22. The molecule has 0 radical (unpaired) electrons. The first-order valence-electron chi connectivity index (χ1n) is 7.98. The summed E-state index contributed by atoms with van der Waals surface area (Å²) in [5, 5.41) is 5.31. The van der Waals surface area contributed by atoms with E-state index in [0.29, 0.717) is 17.2 Å². The summed E-state index contributed by atoms with van der Waals surface area (Å²) in [4.78, 5) is 39.2. The zero-order valence-corrected chi connectivity index (χ0v) is 15.5. The molecule has 7 nitrogen and oxygen atoms in total. The Kier molecular flexibility index (Phi) is 4.78. The smallest absolute Gasteiger partial charge is 0.325 e. The van der Waals surface area contributed by atoms with E-state index in [-0.39, 0.29) is 6.54 Å². The van der Waals surface area contributed by atoms with Gasteiger partial charge in [0.05, 0.1) is 0 Å². The third kappa shape index (κ3) is 3.32. The summed E-state index contributed by atoms with van der Waals surface area (Å²) in [6, 6.07) is 10.1. The molecule has 2 N–H and O–H groups in total. The molecule has 136 valence electrons. The Labute approximate surface area is 155 Å². The normalized spacial score (nSPS) is 19.6. The second kappa shape index (κ2) is 6.87. The molecule has 3 rings (SSSR count). The SMILES string of the molecule is CSc1cccc(NC(=O)CN2C(=O)N[C@@](C)(c3ccc(C)o3)C2=O)c1. The van der Waals surface area contributed by atoms with Gasteiger partial charge < -0.3 is 15.1 Å². The number of hydrogen-bond donors (Lipinski definition) is 2. The Hall–Kier alpha value is -2.74. The molecule has 1 aromatic heterocycles. The third-order valence-electron chi connectivity index (χ3n) is 4.16. The number of aryl methyl sites for hydroxylation is 1. The lowest BCUT2D eigenvalue weighted by Gasteiger charge is -2.19. The second-order valence-corrected chi connectivity index (χ2v) is 7.02. The molecule has 8 heteroatoms. The van der Waals surface area contributed by atoms with Gasteiger partial charge in [0.2, 0.25) is 5.91 Å². The summed E-state index contributed by atoms with van der Waals surface area (Å²) < 4.78 is 5.50. The summed E-state index contributed by atoms with van der Waals surface area (Å²) in [6.45, 7) is 2.94. The molecule has 1 atom stereocenters. The van der Waals surface area contributed by atoms with E-state index < -0.39 is 23.4 Å². The van der Waals surface area contributed by atoms with Crippen molar-refractivity contribution in [3.8, 4) is 0 Å². The maximum atomic E-state index is 12.7. The maximum Gasteiger partial charge on any atom is 0.325 e. The standard InChI is InChI=1S/C18H19N3O4S/c1-11-7-8-14(25-11)18(2)16(23)21(17(24)20-18)10-15(22)19-12-5-4-6-13(9-12)26-3/h4-9H,10H2,1-3H3,(H,19,22)(H,20,24)/t18-/m0/s1. The topological polar surface area (TPSA) is 91.7 Å². The van der Waals surface area contributed by atoms with Crippen molar-refractivity contribution in [2.45, 2.75) is 24.3 Å². The number of anilines is 1. The first kappa shape index (κ1) is 18.1. The zero-order valence-electron chi connectivity index (χ0n) is 14.7. The molecule has 4 amide bonds. The van der Waals surface area contributed by atoms with Crippen LogP contribution in [-0.2, 0) is 15.1 Å². The Morgan fingerprint density at radius 2 is 2.08 bits per heavy atom. The van der Waals surface area contributed by atoms with Gasteiger partial charge in [-0.1, -0.05) is 6.07 Å². The number of carbonyl (C=O) groups is 3. The van der Waals surface area contributed by atoms with Gasteiger partial charge in [0.15, 0.2) is 5.54 Å². The predicted octanol–water partition coefficient (Wildman–Crippen LogP) is 2.72. The van der Waals surface area contributed by atoms with E-state index in [4.69, 9.17) is 4.42 Å². The van der Waals surface area contributed by atoms with Gasteiger partial charge in [-0.3, -0.25) is 14.5 Å².